The first-order chi connectivity index (χ1) is 7.04. The Hall–Kier alpha value is -0.940. The molecule has 0 radical (unpaired) electrons. The van der Waals surface area contributed by atoms with E-state index in [1.165, 1.54) is 0 Å². The van der Waals surface area contributed by atoms with Gasteiger partial charge in [0.15, 0.2) is 0 Å². The normalized spacial score (nSPS) is 12.0. The Labute approximate surface area is 90.6 Å². The predicted molar refractivity (Wildman–Crippen MR) is 58.3 cm³/mol. The van der Waals surface area contributed by atoms with Gasteiger partial charge in [-0.2, -0.15) is 0 Å². The van der Waals surface area contributed by atoms with Crippen molar-refractivity contribution in [1.82, 2.24) is 15.0 Å². The molecule has 1 aromatic heterocycles. The maximum atomic E-state index is 5.90. The van der Waals surface area contributed by atoms with Crippen LogP contribution in [0, 0.1) is 0 Å². The monoisotopic (exact) mass is 212 g/mol. The summed E-state index contributed by atoms with van der Waals surface area (Å²) in [6, 6.07) is 0. The van der Waals surface area contributed by atoms with Gasteiger partial charge in [-0.25, -0.2) is 4.68 Å². The van der Waals surface area contributed by atoms with Crippen LogP contribution in [-0.2, 0) is 16.8 Å². The molecule has 86 valence electrons. The van der Waals surface area contributed by atoms with Crippen LogP contribution >= 0.6 is 0 Å². The van der Waals surface area contributed by atoms with Crippen LogP contribution in [0.3, 0.4) is 0 Å². The summed E-state index contributed by atoms with van der Waals surface area (Å²) < 4.78 is 7.13. The summed E-state index contributed by atoms with van der Waals surface area (Å²) in [5.41, 5.74) is 6.28. The van der Waals surface area contributed by atoms with E-state index in [1.807, 2.05) is 20.0 Å². The molecule has 0 aliphatic rings. The van der Waals surface area contributed by atoms with Gasteiger partial charge in [-0.1, -0.05) is 12.1 Å². The minimum absolute atomic E-state index is 0.428. The van der Waals surface area contributed by atoms with E-state index in [1.54, 1.807) is 4.68 Å². The third-order valence-electron chi connectivity index (χ3n) is 2.01. The Morgan fingerprint density at radius 3 is 2.73 bits per heavy atom. The van der Waals surface area contributed by atoms with Crippen LogP contribution in [0.15, 0.2) is 6.20 Å². The molecule has 0 spiro atoms. The van der Waals surface area contributed by atoms with Crippen LogP contribution < -0.4 is 5.73 Å². The van der Waals surface area contributed by atoms with E-state index in [0.717, 1.165) is 25.3 Å². The molecule has 0 aliphatic heterocycles. The highest BCUT2D eigenvalue weighted by Gasteiger charge is 2.17. The highest BCUT2D eigenvalue weighted by molar-refractivity contribution is 5.05. The van der Waals surface area contributed by atoms with Crippen molar-refractivity contribution in [3.8, 4) is 0 Å². The minimum Gasteiger partial charge on any atom is -0.380 e. The molecule has 1 rings (SSSR count). The number of ether oxygens (including phenoxy) is 1. The van der Waals surface area contributed by atoms with Gasteiger partial charge in [-0.05, 0) is 20.3 Å². The summed E-state index contributed by atoms with van der Waals surface area (Å²) in [6.45, 7) is 8.10. The second kappa shape index (κ2) is 5.23. The summed E-state index contributed by atoms with van der Waals surface area (Å²) in [5, 5.41) is 8.01. The lowest BCUT2D eigenvalue weighted by Crippen LogP contribution is -2.29. The molecule has 0 unspecified atom stereocenters. The van der Waals surface area contributed by atoms with E-state index in [9.17, 15) is 0 Å². The molecule has 0 fully saturated rings. The zero-order chi connectivity index (χ0) is 11.3. The van der Waals surface area contributed by atoms with Crippen LogP contribution in [0.5, 0.6) is 0 Å². The molecule has 0 aliphatic carbocycles. The van der Waals surface area contributed by atoms with Crippen LogP contribution in [0.2, 0.25) is 0 Å². The number of rotatable bonds is 6. The van der Waals surface area contributed by atoms with E-state index in [4.69, 9.17) is 10.5 Å². The highest BCUT2D eigenvalue weighted by Crippen LogP contribution is 2.12. The smallest absolute Gasteiger partial charge is 0.102 e. The summed E-state index contributed by atoms with van der Waals surface area (Å²) in [4.78, 5) is 0. The topological polar surface area (TPSA) is 66.0 Å². The van der Waals surface area contributed by atoms with Crippen molar-refractivity contribution in [3.63, 3.8) is 0 Å². The SMILES string of the molecule is CCCOCCn1cc(C(C)(C)N)nn1. The number of nitrogens with zero attached hydrogens (tertiary/aromatic N) is 3. The molecular formula is C10H20N4O. The van der Waals surface area contributed by atoms with Crippen molar-refractivity contribution < 1.29 is 4.74 Å². The first kappa shape index (κ1) is 12.1. The zero-order valence-electron chi connectivity index (χ0n) is 9.73. The van der Waals surface area contributed by atoms with Gasteiger partial charge in [0.1, 0.15) is 5.69 Å². The van der Waals surface area contributed by atoms with Gasteiger partial charge in [0, 0.05) is 6.61 Å². The van der Waals surface area contributed by atoms with Gasteiger partial charge in [0.25, 0.3) is 0 Å². The average Bonchev–Trinajstić information content (AvgIpc) is 2.60. The lowest BCUT2D eigenvalue weighted by atomic mass is 10.0. The number of aromatic nitrogens is 3. The van der Waals surface area contributed by atoms with Crippen molar-refractivity contribution in [3.05, 3.63) is 11.9 Å². The third-order valence-corrected chi connectivity index (χ3v) is 2.01. The Balaban J connectivity index is 2.40. The number of nitrogens with two attached hydrogens (primary N) is 1. The fraction of sp³-hybridized carbons (Fsp3) is 0.800. The Morgan fingerprint density at radius 2 is 2.20 bits per heavy atom. The van der Waals surface area contributed by atoms with Gasteiger partial charge in [0.2, 0.25) is 0 Å². The van der Waals surface area contributed by atoms with E-state index in [2.05, 4.69) is 17.2 Å². The Morgan fingerprint density at radius 1 is 1.47 bits per heavy atom. The summed E-state index contributed by atoms with van der Waals surface area (Å²) in [7, 11) is 0. The second-order valence-electron chi connectivity index (χ2n) is 4.20. The Bertz CT molecular complexity index is 290. The van der Waals surface area contributed by atoms with E-state index < -0.39 is 5.54 Å². The van der Waals surface area contributed by atoms with Crippen molar-refractivity contribution in [1.29, 1.82) is 0 Å². The molecule has 1 heterocycles. The molecule has 15 heavy (non-hydrogen) atoms. The molecular weight excluding hydrogens is 192 g/mol. The molecule has 0 atom stereocenters. The lowest BCUT2D eigenvalue weighted by Gasteiger charge is -2.13. The lowest BCUT2D eigenvalue weighted by molar-refractivity contribution is 0.124. The number of hydrogen-bond donors (Lipinski definition) is 1. The summed E-state index contributed by atoms with van der Waals surface area (Å²) >= 11 is 0. The van der Waals surface area contributed by atoms with Gasteiger partial charge >= 0.3 is 0 Å². The zero-order valence-corrected chi connectivity index (χ0v) is 9.73. The van der Waals surface area contributed by atoms with E-state index in [0.29, 0.717) is 6.61 Å². The van der Waals surface area contributed by atoms with Gasteiger partial charge in [0.05, 0.1) is 24.9 Å². The van der Waals surface area contributed by atoms with Crippen LogP contribution in [-0.4, -0.2) is 28.2 Å². The maximum absolute atomic E-state index is 5.90. The van der Waals surface area contributed by atoms with E-state index in [-0.39, 0.29) is 0 Å². The van der Waals surface area contributed by atoms with Gasteiger partial charge < -0.3 is 10.5 Å². The molecule has 5 heteroatoms. The summed E-state index contributed by atoms with van der Waals surface area (Å²) in [5.74, 6) is 0. The van der Waals surface area contributed by atoms with Crippen molar-refractivity contribution in [2.45, 2.75) is 39.3 Å². The molecule has 0 saturated heterocycles. The largest absolute Gasteiger partial charge is 0.380 e. The van der Waals surface area contributed by atoms with E-state index >= 15 is 0 Å². The Kier molecular flexibility index (Phi) is 4.23. The third kappa shape index (κ3) is 3.97. The fourth-order valence-corrected chi connectivity index (χ4v) is 1.11. The molecule has 1 aromatic rings. The fourth-order valence-electron chi connectivity index (χ4n) is 1.11. The molecule has 2 N–H and O–H groups in total. The van der Waals surface area contributed by atoms with Crippen LogP contribution in [0.4, 0.5) is 0 Å². The molecule has 0 saturated carbocycles. The van der Waals surface area contributed by atoms with Gasteiger partial charge in [-0.15, -0.1) is 5.10 Å². The van der Waals surface area contributed by atoms with Crippen LogP contribution in [0.25, 0.3) is 0 Å². The van der Waals surface area contributed by atoms with Crippen molar-refractivity contribution >= 4 is 0 Å². The predicted octanol–water partition coefficient (Wildman–Crippen LogP) is 0.898. The van der Waals surface area contributed by atoms with Crippen molar-refractivity contribution in [2.75, 3.05) is 13.2 Å². The first-order valence-corrected chi connectivity index (χ1v) is 5.31. The van der Waals surface area contributed by atoms with Gasteiger partial charge in [-0.3, -0.25) is 0 Å². The summed E-state index contributed by atoms with van der Waals surface area (Å²) in [6.07, 6.45) is 2.91. The molecule has 0 amide bonds. The minimum atomic E-state index is -0.428. The quantitative estimate of drug-likeness (QED) is 0.711. The average molecular weight is 212 g/mol. The number of hydrogen-bond acceptors (Lipinski definition) is 4. The molecule has 5 nitrogen and oxygen atoms in total. The first-order valence-electron chi connectivity index (χ1n) is 5.31. The highest BCUT2D eigenvalue weighted by atomic mass is 16.5. The second-order valence-corrected chi connectivity index (χ2v) is 4.20. The standard InChI is InChI=1S/C10H20N4O/c1-4-6-15-7-5-14-8-9(12-13-14)10(2,3)11/h8H,4-7,11H2,1-3H3. The van der Waals surface area contributed by atoms with Crippen LogP contribution in [0.1, 0.15) is 32.9 Å². The maximum Gasteiger partial charge on any atom is 0.102 e. The molecule has 0 bridgehead atoms. The molecule has 0 aromatic carbocycles. The van der Waals surface area contributed by atoms with Crippen molar-refractivity contribution in [2.24, 2.45) is 5.73 Å².